The van der Waals surface area contributed by atoms with Crippen molar-refractivity contribution in [2.45, 2.75) is 31.1 Å². The fraction of sp³-hybridized carbons (Fsp3) is 0.455. The molecule has 0 spiro atoms. The van der Waals surface area contributed by atoms with Crippen molar-refractivity contribution < 1.29 is 8.42 Å². The summed E-state index contributed by atoms with van der Waals surface area (Å²) in [4.78, 5) is 0.0993. The van der Waals surface area contributed by atoms with E-state index >= 15 is 0 Å². The van der Waals surface area contributed by atoms with Crippen LogP contribution in [0.25, 0.3) is 0 Å². The Morgan fingerprint density at radius 3 is 2.50 bits per heavy atom. The molecule has 102 valence electrons. The number of unbranched alkanes of at least 4 members (excludes halogenated alkanes) is 2. The van der Waals surface area contributed by atoms with Crippen LogP contribution in [0, 0.1) is 0 Å². The molecule has 18 heavy (non-hydrogen) atoms. The molecule has 0 aliphatic rings. The Balaban J connectivity index is 2.92. The van der Waals surface area contributed by atoms with E-state index < -0.39 is 10.0 Å². The summed E-state index contributed by atoms with van der Waals surface area (Å²) < 4.78 is 28.0. The maximum atomic E-state index is 12.1. The van der Waals surface area contributed by atoms with Crippen molar-refractivity contribution >= 4 is 47.6 Å². The molecule has 0 unspecified atom stereocenters. The second-order valence-corrected chi connectivity index (χ2v) is 7.38. The summed E-state index contributed by atoms with van der Waals surface area (Å²) in [5.41, 5.74) is 5.98. The lowest BCUT2D eigenvalue weighted by molar-refractivity contribution is 0.576. The summed E-state index contributed by atoms with van der Waals surface area (Å²) in [5, 5.41) is 0. The highest BCUT2D eigenvalue weighted by atomic mass is 79.9. The number of nitrogen functional groups attached to an aromatic ring is 1. The first kappa shape index (κ1) is 15.9. The molecular weight excluding hydrogens is 384 g/mol. The quantitative estimate of drug-likeness (QED) is 0.569. The summed E-state index contributed by atoms with van der Waals surface area (Å²) in [6.07, 6.45) is 2.87. The largest absolute Gasteiger partial charge is 0.398 e. The van der Waals surface area contributed by atoms with E-state index in [1.165, 1.54) is 0 Å². The van der Waals surface area contributed by atoms with E-state index in [0.29, 0.717) is 11.0 Å². The fourth-order valence-electron chi connectivity index (χ4n) is 1.52. The van der Waals surface area contributed by atoms with Gasteiger partial charge in [-0.15, -0.1) is 0 Å². The lowest BCUT2D eigenvalue weighted by Gasteiger charge is -2.11. The smallest absolute Gasteiger partial charge is 0.243 e. The minimum absolute atomic E-state index is 0.0993. The molecule has 0 heterocycles. The number of rotatable bonds is 6. The van der Waals surface area contributed by atoms with Crippen LogP contribution < -0.4 is 10.5 Å². The second kappa shape index (κ2) is 6.88. The van der Waals surface area contributed by atoms with Gasteiger partial charge in [-0.2, -0.15) is 0 Å². The molecule has 0 aliphatic carbocycles. The van der Waals surface area contributed by atoms with Gasteiger partial charge in [0.25, 0.3) is 0 Å². The molecule has 0 saturated carbocycles. The molecule has 7 heteroatoms. The third-order valence-corrected chi connectivity index (χ3v) is 5.30. The van der Waals surface area contributed by atoms with Crippen LogP contribution in [0.5, 0.6) is 0 Å². The Kier molecular flexibility index (Phi) is 6.10. The second-order valence-electron chi connectivity index (χ2n) is 3.91. The van der Waals surface area contributed by atoms with E-state index in [1.54, 1.807) is 12.1 Å². The normalized spacial score (nSPS) is 11.7. The van der Waals surface area contributed by atoms with E-state index in [-0.39, 0.29) is 10.6 Å². The van der Waals surface area contributed by atoms with Gasteiger partial charge >= 0.3 is 0 Å². The first-order valence-electron chi connectivity index (χ1n) is 5.62. The average Bonchev–Trinajstić information content (AvgIpc) is 2.22. The summed E-state index contributed by atoms with van der Waals surface area (Å²) in [7, 11) is -3.56. The summed E-state index contributed by atoms with van der Waals surface area (Å²) in [6, 6.07) is 3.24. The zero-order valence-corrected chi connectivity index (χ0v) is 14.0. The zero-order valence-electron chi connectivity index (χ0n) is 10.0. The zero-order chi connectivity index (χ0) is 13.8. The monoisotopic (exact) mass is 398 g/mol. The maximum Gasteiger partial charge on any atom is 0.243 e. The number of hydrogen-bond acceptors (Lipinski definition) is 3. The van der Waals surface area contributed by atoms with Gasteiger partial charge in [-0.3, -0.25) is 0 Å². The van der Waals surface area contributed by atoms with Crippen LogP contribution in [0.3, 0.4) is 0 Å². The molecule has 0 atom stereocenters. The Morgan fingerprint density at radius 2 is 1.94 bits per heavy atom. The van der Waals surface area contributed by atoms with Gasteiger partial charge < -0.3 is 5.73 Å². The molecule has 0 radical (unpaired) electrons. The molecule has 0 bridgehead atoms. The van der Waals surface area contributed by atoms with Crippen molar-refractivity contribution in [3.05, 3.63) is 21.1 Å². The van der Waals surface area contributed by atoms with E-state index in [2.05, 4.69) is 43.5 Å². The van der Waals surface area contributed by atoms with Crippen molar-refractivity contribution in [2.24, 2.45) is 0 Å². The molecule has 0 aliphatic heterocycles. The number of hydrogen-bond donors (Lipinski definition) is 2. The van der Waals surface area contributed by atoms with E-state index in [0.717, 1.165) is 23.7 Å². The van der Waals surface area contributed by atoms with Crippen molar-refractivity contribution in [1.82, 2.24) is 4.72 Å². The lowest BCUT2D eigenvalue weighted by atomic mass is 10.3. The highest BCUT2D eigenvalue weighted by Crippen LogP contribution is 2.31. The van der Waals surface area contributed by atoms with Gasteiger partial charge in [0, 0.05) is 15.5 Å². The number of nitrogens with two attached hydrogens (primary N) is 1. The van der Waals surface area contributed by atoms with Crippen molar-refractivity contribution in [2.75, 3.05) is 12.3 Å². The van der Waals surface area contributed by atoms with Gasteiger partial charge in [0.15, 0.2) is 0 Å². The fourth-order valence-corrected chi connectivity index (χ4v) is 4.66. The maximum absolute atomic E-state index is 12.1. The van der Waals surface area contributed by atoms with E-state index in [1.807, 2.05) is 0 Å². The SMILES string of the molecule is CCCCCNS(=O)(=O)c1c(N)cc(Br)cc1Br. The molecule has 0 aromatic heterocycles. The summed E-state index contributed by atoms with van der Waals surface area (Å²) in [6.45, 7) is 2.50. The van der Waals surface area contributed by atoms with Gasteiger partial charge in [-0.1, -0.05) is 35.7 Å². The third kappa shape index (κ3) is 4.22. The Hall–Kier alpha value is -0.110. The van der Waals surface area contributed by atoms with Crippen LogP contribution in [-0.4, -0.2) is 15.0 Å². The van der Waals surface area contributed by atoms with Crippen molar-refractivity contribution in [1.29, 1.82) is 0 Å². The molecule has 4 nitrogen and oxygen atoms in total. The Labute approximate surface area is 125 Å². The van der Waals surface area contributed by atoms with Crippen LogP contribution in [0.2, 0.25) is 0 Å². The standard InChI is InChI=1S/C11H16Br2N2O2S/c1-2-3-4-5-15-18(16,17)11-9(13)6-8(12)7-10(11)14/h6-7,15H,2-5,14H2,1H3. The van der Waals surface area contributed by atoms with E-state index in [9.17, 15) is 8.42 Å². The predicted octanol–water partition coefficient (Wildman–Crippen LogP) is 3.26. The molecule has 0 fully saturated rings. The lowest BCUT2D eigenvalue weighted by Crippen LogP contribution is -2.26. The van der Waals surface area contributed by atoms with Crippen molar-refractivity contribution in [3.8, 4) is 0 Å². The van der Waals surface area contributed by atoms with Crippen LogP contribution in [0.4, 0.5) is 5.69 Å². The molecule has 1 aromatic carbocycles. The first-order chi connectivity index (χ1) is 8.38. The van der Waals surface area contributed by atoms with Crippen LogP contribution in [0.15, 0.2) is 26.0 Å². The molecular formula is C11H16Br2N2O2S. The third-order valence-electron chi connectivity index (χ3n) is 2.38. The number of benzene rings is 1. The number of halogens is 2. The van der Waals surface area contributed by atoms with Gasteiger partial charge in [0.1, 0.15) is 4.90 Å². The van der Waals surface area contributed by atoms with E-state index in [4.69, 9.17) is 5.73 Å². The molecule has 1 rings (SSSR count). The van der Waals surface area contributed by atoms with Gasteiger partial charge in [0.2, 0.25) is 10.0 Å². The van der Waals surface area contributed by atoms with Gasteiger partial charge in [-0.25, -0.2) is 13.1 Å². The predicted molar refractivity (Wildman–Crippen MR) is 81.0 cm³/mol. The first-order valence-corrected chi connectivity index (χ1v) is 8.69. The highest BCUT2D eigenvalue weighted by Gasteiger charge is 2.20. The van der Waals surface area contributed by atoms with Gasteiger partial charge in [-0.05, 0) is 34.5 Å². The van der Waals surface area contributed by atoms with Gasteiger partial charge in [0.05, 0.1) is 5.69 Å². The average molecular weight is 400 g/mol. The minimum Gasteiger partial charge on any atom is -0.398 e. The molecule has 0 saturated heterocycles. The number of sulfonamides is 1. The molecule has 3 N–H and O–H groups in total. The van der Waals surface area contributed by atoms with Crippen LogP contribution in [-0.2, 0) is 10.0 Å². The minimum atomic E-state index is -3.56. The number of anilines is 1. The molecule has 1 aromatic rings. The molecule has 0 amide bonds. The van der Waals surface area contributed by atoms with Crippen molar-refractivity contribution in [3.63, 3.8) is 0 Å². The summed E-state index contributed by atoms with van der Waals surface area (Å²) >= 11 is 6.49. The Morgan fingerprint density at radius 1 is 1.28 bits per heavy atom. The number of nitrogens with one attached hydrogen (secondary N) is 1. The summed E-state index contributed by atoms with van der Waals surface area (Å²) in [5.74, 6) is 0. The highest BCUT2D eigenvalue weighted by molar-refractivity contribution is 9.11. The van der Waals surface area contributed by atoms with Crippen LogP contribution >= 0.6 is 31.9 Å². The Bertz CT molecular complexity index is 495. The van der Waals surface area contributed by atoms with Crippen LogP contribution in [0.1, 0.15) is 26.2 Å². The topological polar surface area (TPSA) is 72.2 Å².